The average molecular weight is 270 g/mol. The van der Waals surface area contributed by atoms with Gasteiger partial charge in [-0.15, -0.1) is 0 Å². The molecule has 2 N–H and O–H groups in total. The molecular formula is C14H26N2O3. The molecule has 5 heteroatoms. The minimum absolute atomic E-state index is 0.237. The van der Waals surface area contributed by atoms with Gasteiger partial charge in [0.1, 0.15) is 5.60 Å². The lowest BCUT2D eigenvalue weighted by atomic mass is 9.86. The lowest BCUT2D eigenvalue weighted by Crippen LogP contribution is -2.51. The van der Waals surface area contributed by atoms with E-state index in [-0.39, 0.29) is 11.6 Å². The first-order valence-corrected chi connectivity index (χ1v) is 7.18. The maximum Gasteiger partial charge on any atom is 0.408 e. The van der Waals surface area contributed by atoms with Gasteiger partial charge < -0.3 is 20.1 Å². The van der Waals surface area contributed by atoms with Crippen LogP contribution in [0.5, 0.6) is 0 Å². The fraction of sp³-hybridized carbons (Fsp3) is 0.929. The van der Waals surface area contributed by atoms with Crippen molar-refractivity contribution in [3.05, 3.63) is 0 Å². The summed E-state index contributed by atoms with van der Waals surface area (Å²) < 4.78 is 10.9. The van der Waals surface area contributed by atoms with Crippen LogP contribution in [0.3, 0.4) is 0 Å². The highest BCUT2D eigenvalue weighted by atomic mass is 16.6. The van der Waals surface area contributed by atoms with Gasteiger partial charge in [-0.3, -0.25) is 0 Å². The first kappa shape index (κ1) is 14.6. The highest BCUT2D eigenvalue weighted by Gasteiger charge is 2.40. The minimum atomic E-state index is -0.459. The smallest absolute Gasteiger partial charge is 0.408 e. The molecule has 0 spiro atoms. The summed E-state index contributed by atoms with van der Waals surface area (Å²) in [5.74, 6) is 0.622. The van der Waals surface area contributed by atoms with Gasteiger partial charge in [0.25, 0.3) is 0 Å². The first-order valence-electron chi connectivity index (χ1n) is 7.18. The van der Waals surface area contributed by atoms with Crippen molar-refractivity contribution in [3.8, 4) is 0 Å². The third-order valence-corrected chi connectivity index (χ3v) is 3.71. The van der Waals surface area contributed by atoms with Crippen LogP contribution in [0.2, 0.25) is 0 Å². The monoisotopic (exact) mass is 270 g/mol. The second kappa shape index (κ2) is 5.67. The summed E-state index contributed by atoms with van der Waals surface area (Å²) in [5.41, 5.74) is -0.696. The number of hydrogen-bond donors (Lipinski definition) is 2. The van der Waals surface area contributed by atoms with Gasteiger partial charge in [-0.05, 0) is 59.0 Å². The van der Waals surface area contributed by atoms with Crippen LogP contribution in [-0.2, 0) is 9.47 Å². The Hall–Kier alpha value is -0.810. The predicted molar refractivity (Wildman–Crippen MR) is 73.1 cm³/mol. The molecule has 0 aliphatic carbocycles. The summed E-state index contributed by atoms with van der Waals surface area (Å²) in [6, 6.07) is 0. The number of carbonyl (C=O) groups excluding carboxylic acids is 1. The first-order chi connectivity index (χ1) is 8.89. The molecule has 0 aromatic carbocycles. The van der Waals surface area contributed by atoms with E-state index >= 15 is 0 Å². The Bertz CT molecular complexity index is 313. The molecule has 2 fully saturated rings. The Labute approximate surface area is 115 Å². The van der Waals surface area contributed by atoms with Crippen LogP contribution in [0.4, 0.5) is 4.79 Å². The molecule has 2 unspecified atom stereocenters. The molecule has 0 aromatic rings. The zero-order valence-corrected chi connectivity index (χ0v) is 12.3. The molecule has 2 atom stereocenters. The van der Waals surface area contributed by atoms with Gasteiger partial charge in [-0.1, -0.05) is 0 Å². The van der Waals surface area contributed by atoms with Crippen molar-refractivity contribution in [2.75, 3.05) is 26.3 Å². The molecule has 0 saturated carbocycles. The molecule has 1 amide bonds. The van der Waals surface area contributed by atoms with Crippen molar-refractivity contribution in [1.82, 2.24) is 10.6 Å². The van der Waals surface area contributed by atoms with Crippen LogP contribution < -0.4 is 10.6 Å². The van der Waals surface area contributed by atoms with Gasteiger partial charge in [0.05, 0.1) is 12.1 Å². The average Bonchev–Trinajstić information content (AvgIpc) is 2.87. The van der Waals surface area contributed by atoms with Crippen LogP contribution in [0.15, 0.2) is 0 Å². The Balaban J connectivity index is 1.93. The van der Waals surface area contributed by atoms with Gasteiger partial charge in [0, 0.05) is 6.61 Å². The maximum absolute atomic E-state index is 12.0. The van der Waals surface area contributed by atoms with Crippen LogP contribution >= 0.6 is 0 Å². The van der Waals surface area contributed by atoms with Gasteiger partial charge in [0.15, 0.2) is 0 Å². The van der Waals surface area contributed by atoms with E-state index in [0.29, 0.717) is 12.5 Å². The molecule has 0 aromatic heterocycles. The van der Waals surface area contributed by atoms with Gasteiger partial charge in [0.2, 0.25) is 0 Å². The topological polar surface area (TPSA) is 59.6 Å². The van der Waals surface area contributed by atoms with Crippen molar-refractivity contribution in [1.29, 1.82) is 0 Å². The van der Waals surface area contributed by atoms with Gasteiger partial charge >= 0.3 is 6.09 Å². The zero-order chi connectivity index (χ0) is 13.9. The molecule has 110 valence electrons. The summed E-state index contributed by atoms with van der Waals surface area (Å²) in [7, 11) is 0. The van der Waals surface area contributed by atoms with E-state index in [9.17, 15) is 4.79 Å². The normalized spacial score (nSPS) is 31.4. The molecule has 2 aliphatic heterocycles. The van der Waals surface area contributed by atoms with Crippen molar-refractivity contribution >= 4 is 6.09 Å². The molecule has 19 heavy (non-hydrogen) atoms. The summed E-state index contributed by atoms with van der Waals surface area (Å²) in [6.07, 6.45) is 2.70. The van der Waals surface area contributed by atoms with Crippen molar-refractivity contribution < 1.29 is 14.3 Å². The van der Waals surface area contributed by atoms with Gasteiger partial charge in [-0.2, -0.15) is 0 Å². The number of hydrogen-bond acceptors (Lipinski definition) is 4. The molecular weight excluding hydrogens is 244 g/mol. The van der Waals surface area contributed by atoms with Crippen molar-refractivity contribution in [2.24, 2.45) is 5.92 Å². The number of carbonyl (C=O) groups is 1. The lowest BCUT2D eigenvalue weighted by Gasteiger charge is -2.32. The maximum atomic E-state index is 12.0. The van der Waals surface area contributed by atoms with Gasteiger partial charge in [-0.25, -0.2) is 4.79 Å². The fourth-order valence-electron chi connectivity index (χ4n) is 2.88. The highest BCUT2D eigenvalue weighted by Crippen LogP contribution is 2.29. The standard InChI is InChI=1S/C14H26N2O3/c1-13(2,3)19-12(17)16-14(5-7-18-10-14)8-11-4-6-15-9-11/h11,15H,4-10H2,1-3H3,(H,16,17). The summed E-state index contributed by atoms with van der Waals surface area (Å²) in [6.45, 7) is 9.08. The zero-order valence-electron chi connectivity index (χ0n) is 12.3. The third-order valence-electron chi connectivity index (χ3n) is 3.71. The van der Waals surface area contributed by atoms with Crippen molar-refractivity contribution in [2.45, 2.75) is 51.2 Å². The molecule has 2 saturated heterocycles. The van der Waals surface area contributed by atoms with Crippen LogP contribution in [0.25, 0.3) is 0 Å². The Morgan fingerprint density at radius 3 is 2.84 bits per heavy atom. The number of rotatable bonds is 3. The molecule has 0 bridgehead atoms. The molecule has 2 heterocycles. The van der Waals surface area contributed by atoms with Crippen molar-refractivity contribution in [3.63, 3.8) is 0 Å². The summed E-state index contributed by atoms with van der Waals surface area (Å²) in [4.78, 5) is 12.0. The number of ether oxygens (including phenoxy) is 2. The van der Waals surface area contributed by atoms with E-state index in [1.165, 1.54) is 6.42 Å². The van der Waals surface area contributed by atoms with E-state index in [2.05, 4.69) is 10.6 Å². The lowest BCUT2D eigenvalue weighted by molar-refractivity contribution is 0.0421. The van der Waals surface area contributed by atoms with Crippen LogP contribution in [0, 0.1) is 5.92 Å². The largest absolute Gasteiger partial charge is 0.444 e. The highest BCUT2D eigenvalue weighted by molar-refractivity contribution is 5.68. The number of nitrogens with one attached hydrogen (secondary N) is 2. The molecule has 2 rings (SSSR count). The van der Waals surface area contributed by atoms with E-state index in [1.807, 2.05) is 20.8 Å². The molecule has 5 nitrogen and oxygen atoms in total. The predicted octanol–water partition coefficient (Wildman–Crippen LogP) is 1.67. The van der Waals surface area contributed by atoms with E-state index in [1.54, 1.807) is 0 Å². The Kier molecular flexibility index (Phi) is 4.36. The summed E-state index contributed by atoms with van der Waals surface area (Å²) >= 11 is 0. The Morgan fingerprint density at radius 2 is 2.32 bits per heavy atom. The fourth-order valence-corrected chi connectivity index (χ4v) is 2.88. The third kappa shape index (κ3) is 4.35. The molecule has 0 radical (unpaired) electrons. The van der Waals surface area contributed by atoms with E-state index in [4.69, 9.17) is 9.47 Å². The van der Waals surface area contributed by atoms with Crippen LogP contribution in [-0.4, -0.2) is 43.5 Å². The minimum Gasteiger partial charge on any atom is -0.444 e. The number of amides is 1. The second-order valence-corrected chi connectivity index (χ2v) is 6.77. The number of alkyl carbamates (subject to hydrolysis) is 1. The SMILES string of the molecule is CC(C)(C)OC(=O)NC1(CC2CCNC2)CCOC1. The quantitative estimate of drug-likeness (QED) is 0.819. The molecule has 2 aliphatic rings. The van der Waals surface area contributed by atoms with E-state index < -0.39 is 5.60 Å². The Morgan fingerprint density at radius 1 is 1.53 bits per heavy atom. The van der Waals surface area contributed by atoms with Crippen LogP contribution in [0.1, 0.15) is 40.0 Å². The second-order valence-electron chi connectivity index (χ2n) is 6.77. The summed E-state index contributed by atoms with van der Waals surface area (Å²) in [5, 5.41) is 6.43. The van der Waals surface area contributed by atoms with E-state index in [0.717, 1.165) is 32.5 Å².